The standard InChI is InChI=1S/C14H20ClN3O2/c1-2-18-6-4-3-5-11(18)9-17-13(19)10-7-12(15)14(20)16-8-10/h7-8,11H,2-6,9H2,1H3,(H,16,20)(H,17,19). The van der Waals surface area contributed by atoms with E-state index in [2.05, 4.69) is 22.1 Å². The summed E-state index contributed by atoms with van der Waals surface area (Å²) in [7, 11) is 0. The van der Waals surface area contributed by atoms with Crippen molar-refractivity contribution in [2.45, 2.75) is 32.2 Å². The molecule has 2 heterocycles. The Morgan fingerprint density at radius 1 is 1.55 bits per heavy atom. The largest absolute Gasteiger partial charge is 0.350 e. The number of likely N-dealkylation sites (tertiary alicyclic amines) is 1. The molecule has 1 unspecified atom stereocenters. The minimum Gasteiger partial charge on any atom is -0.350 e. The molecule has 5 nitrogen and oxygen atoms in total. The second kappa shape index (κ2) is 6.90. The summed E-state index contributed by atoms with van der Waals surface area (Å²) in [5.41, 5.74) is 0.00103. The molecule has 2 N–H and O–H groups in total. The van der Waals surface area contributed by atoms with E-state index in [4.69, 9.17) is 11.6 Å². The molecule has 2 rings (SSSR count). The highest BCUT2D eigenvalue weighted by Crippen LogP contribution is 2.15. The average Bonchev–Trinajstić information content (AvgIpc) is 2.47. The van der Waals surface area contributed by atoms with Gasteiger partial charge in [-0.25, -0.2) is 0 Å². The highest BCUT2D eigenvalue weighted by Gasteiger charge is 2.21. The quantitative estimate of drug-likeness (QED) is 0.888. The molecule has 20 heavy (non-hydrogen) atoms. The molecule has 1 aromatic heterocycles. The molecule has 6 heteroatoms. The van der Waals surface area contributed by atoms with Crippen molar-refractivity contribution in [2.75, 3.05) is 19.6 Å². The Hall–Kier alpha value is -1.33. The average molecular weight is 298 g/mol. The maximum atomic E-state index is 12.0. The lowest BCUT2D eigenvalue weighted by molar-refractivity contribution is 0.0917. The van der Waals surface area contributed by atoms with Crippen molar-refractivity contribution >= 4 is 17.5 Å². The Balaban J connectivity index is 1.94. The zero-order valence-electron chi connectivity index (χ0n) is 11.6. The third-order valence-corrected chi connectivity index (χ3v) is 4.05. The minimum absolute atomic E-state index is 0.0329. The van der Waals surface area contributed by atoms with Gasteiger partial charge in [0.25, 0.3) is 11.5 Å². The molecular weight excluding hydrogens is 278 g/mol. The van der Waals surface area contributed by atoms with Gasteiger partial charge in [0.1, 0.15) is 5.02 Å². The molecule has 1 aliphatic heterocycles. The molecule has 0 saturated carbocycles. The zero-order valence-corrected chi connectivity index (χ0v) is 12.4. The number of piperidine rings is 1. The lowest BCUT2D eigenvalue weighted by Gasteiger charge is -2.34. The smallest absolute Gasteiger partial charge is 0.266 e. The second-order valence-corrected chi connectivity index (χ2v) is 5.46. The Kier molecular flexibility index (Phi) is 5.20. The van der Waals surface area contributed by atoms with Crippen molar-refractivity contribution in [2.24, 2.45) is 0 Å². The van der Waals surface area contributed by atoms with Crippen LogP contribution in [0.3, 0.4) is 0 Å². The summed E-state index contributed by atoms with van der Waals surface area (Å²) in [5, 5.41) is 2.95. The maximum absolute atomic E-state index is 12.0. The van der Waals surface area contributed by atoms with Crippen LogP contribution in [-0.4, -0.2) is 41.5 Å². The lowest BCUT2D eigenvalue weighted by atomic mass is 10.0. The van der Waals surface area contributed by atoms with Gasteiger partial charge in [0.15, 0.2) is 0 Å². The van der Waals surface area contributed by atoms with Gasteiger partial charge in [-0.3, -0.25) is 14.5 Å². The van der Waals surface area contributed by atoms with Crippen LogP contribution in [0.5, 0.6) is 0 Å². The lowest BCUT2D eigenvalue weighted by Crippen LogP contribution is -2.46. The number of nitrogens with zero attached hydrogens (tertiary/aromatic N) is 1. The summed E-state index contributed by atoms with van der Waals surface area (Å²) in [4.78, 5) is 28.0. The van der Waals surface area contributed by atoms with Crippen LogP contribution in [0.25, 0.3) is 0 Å². The van der Waals surface area contributed by atoms with Crippen LogP contribution in [0, 0.1) is 0 Å². The molecule has 1 atom stereocenters. The predicted molar refractivity (Wildman–Crippen MR) is 79.3 cm³/mol. The number of rotatable bonds is 4. The Bertz CT molecular complexity index is 529. The van der Waals surface area contributed by atoms with Gasteiger partial charge in [-0.2, -0.15) is 0 Å². The third kappa shape index (κ3) is 3.61. The predicted octanol–water partition coefficient (Wildman–Crippen LogP) is 1.63. The number of aromatic nitrogens is 1. The monoisotopic (exact) mass is 297 g/mol. The van der Waals surface area contributed by atoms with Crippen LogP contribution in [0.1, 0.15) is 36.5 Å². The van der Waals surface area contributed by atoms with Gasteiger partial charge in [0, 0.05) is 18.8 Å². The van der Waals surface area contributed by atoms with E-state index in [0.29, 0.717) is 18.2 Å². The van der Waals surface area contributed by atoms with Gasteiger partial charge in [-0.1, -0.05) is 24.9 Å². The Labute approximate surface area is 123 Å². The fraction of sp³-hybridized carbons (Fsp3) is 0.571. The Morgan fingerprint density at radius 2 is 2.35 bits per heavy atom. The third-order valence-electron chi connectivity index (χ3n) is 3.77. The van der Waals surface area contributed by atoms with Gasteiger partial charge in [-0.15, -0.1) is 0 Å². The summed E-state index contributed by atoms with van der Waals surface area (Å²) >= 11 is 5.72. The molecule has 110 valence electrons. The summed E-state index contributed by atoms with van der Waals surface area (Å²) in [5.74, 6) is -0.204. The van der Waals surface area contributed by atoms with E-state index in [1.54, 1.807) is 0 Å². The molecule has 0 bridgehead atoms. The van der Waals surface area contributed by atoms with Crippen LogP contribution in [0.4, 0.5) is 0 Å². The fourth-order valence-electron chi connectivity index (χ4n) is 2.61. The van der Waals surface area contributed by atoms with Crippen LogP contribution < -0.4 is 10.9 Å². The van der Waals surface area contributed by atoms with E-state index < -0.39 is 0 Å². The van der Waals surface area contributed by atoms with E-state index in [0.717, 1.165) is 19.5 Å². The van der Waals surface area contributed by atoms with Gasteiger partial charge in [-0.05, 0) is 32.0 Å². The number of nitrogens with one attached hydrogen (secondary N) is 2. The van der Waals surface area contributed by atoms with Crippen molar-refractivity contribution in [1.29, 1.82) is 0 Å². The SMILES string of the molecule is CCN1CCCCC1CNC(=O)c1c[nH]c(=O)c(Cl)c1. The first-order valence-corrected chi connectivity index (χ1v) is 7.40. The van der Waals surface area contributed by atoms with Crippen molar-refractivity contribution in [3.63, 3.8) is 0 Å². The summed E-state index contributed by atoms with van der Waals surface area (Å²) in [6, 6.07) is 1.80. The number of amides is 1. The molecule has 1 saturated heterocycles. The maximum Gasteiger partial charge on any atom is 0.266 e. The number of hydrogen-bond acceptors (Lipinski definition) is 3. The van der Waals surface area contributed by atoms with Gasteiger partial charge in [0.2, 0.25) is 0 Å². The first-order chi connectivity index (χ1) is 9.61. The van der Waals surface area contributed by atoms with Crippen LogP contribution in [0.15, 0.2) is 17.1 Å². The van der Waals surface area contributed by atoms with Crippen LogP contribution in [0.2, 0.25) is 5.02 Å². The summed E-state index contributed by atoms with van der Waals surface area (Å²) < 4.78 is 0. The molecule has 1 aromatic rings. The van der Waals surface area contributed by atoms with Crippen LogP contribution in [-0.2, 0) is 0 Å². The Morgan fingerprint density at radius 3 is 3.05 bits per heavy atom. The first-order valence-electron chi connectivity index (χ1n) is 7.02. The number of H-pyrrole nitrogens is 1. The number of carbonyl (C=O) groups is 1. The van der Waals surface area contributed by atoms with Crippen molar-refractivity contribution in [3.05, 3.63) is 33.2 Å². The van der Waals surface area contributed by atoms with E-state index in [1.807, 2.05) is 0 Å². The number of carbonyl (C=O) groups excluding carboxylic acids is 1. The van der Waals surface area contributed by atoms with Gasteiger partial charge >= 0.3 is 0 Å². The second-order valence-electron chi connectivity index (χ2n) is 5.05. The molecule has 0 radical (unpaired) electrons. The van der Waals surface area contributed by atoms with Gasteiger partial charge < -0.3 is 10.3 Å². The van der Waals surface area contributed by atoms with E-state index >= 15 is 0 Å². The molecule has 1 amide bonds. The highest BCUT2D eigenvalue weighted by molar-refractivity contribution is 6.30. The number of aromatic amines is 1. The highest BCUT2D eigenvalue weighted by atomic mass is 35.5. The topological polar surface area (TPSA) is 65.2 Å². The molecular formula is C14H20ClN3O2. The van der Waals surface area contributed by atoms with E-state index in [-0.39, 0.29) is 16.5 Å². The normalized spacial score (nSPS) is 19.8. The number of likely N-dealkylation sites (N-methyl/N-ethyl adjacent to an activating group) is 1. The number of halogens is 1. The molecule has 0 aromatic carbocycles. The van der Waals surface area contributed by atoms with E-state index in [9.17, 15) is 9.59 Å². The van der Waals surface area contributed by atoms with Gasteiger partial charge in [0.05, 0.1) is 5.56 Å². The number of hydrogen-bond donors (Lipinski definition) is 2. The summed E-state index contributed by atoms with van der Waals surface area (Å²) in [6.07, 6.45) is 4.94. The molecule has 1 fully saturated rings. The zero-order chi connectivity index (χ0) is 14.5. The first kappa shape index (κ1) is 15.1. The minimum atomic E-state index is -0.382. The van der Waals surface area contributed by atoms with Crippen LogP contribution >= 0.6 is 11.6 Å². The van der Waals surface area contributed by atoms with Crippen molar-refractivity contribution < 1.29 is 4.79 Å². The molecule has 1 aliphatic rings. The summed E-state index contributed by atoms with van der Waals surface area (Å²) in [6.45, 7) is 4.87. The molecule has 0 spiro atoms. The fourth-order valence-corrected chi connectivity index (χ4v) is 2.78. The van der Waals surface area contributed by atoms with E-state index in [1.165, 1.54) is 25.1 Å². The molecule has 0 aliphatic carbocycles. The number of pyridine rings is 1. The van der Waals surface area contributed by atoms with Crippen molar-refractivity contribution in [1.82, 2.24) is 15.2 Å². The van der Waals surface area contributed by atoms with Crippen molar-refractivity contribution in [3.8, 4) is 0 Å².